The minimum absolute atomic E-state index is 0.529. The second-order valence-corrected chi connectivity index (χ2v) is 7.27. The van der Waals surface area contributed by atoms with Crippen molar-refractivity contribution in [1.29, 1.82) is 0 Å². The van der Waals surface area contributed by atoms with Crippen molar-refractivity contribution in [1.82, 2.24) is 4.90 Å². The van der Waals surface area contributed by atoms with Crippen molar-refractivity contribution >= 4 is 0 Å². The first-order chi connectivity index (χ1) is 8.53. The van der Waals surface area contributed by atoms with E-state index >= 15 is 0 Å². The summed E-state index contributed by atoms with van der Waals surface area (Å²) in [5.74, 6) is 0.897. The minimum Gasteiger partial charge on any atom is -0.303 e. The molecule has 1 saturated heterocycles. The van der Waals surface area contributed by atoms with E-state index < -0.39 is 0 Å². The fourth-order valence-electron chi connectivity index (χ4n) is 3.46. The summed E-state index contributed by atoms with van der Waals surface area (Å²) in [6.45, 7) is 13.7. The first kappa shape index (κ1) is 16.0. The number of nitrogens with zero attached hydrogens (tertiary/aromatic N) is 1. The minimum atomic E-state index is 0.529. The summed E-state index contributed by atoms with van der Waals surface area (Å²) in [7, 11) is 0. The third kappa shape index (κ3) is 6.78. The summed E-state index contributed by atoms with van der Waals surface area (Å²) in [5, 5.41) is 0. The molecule has 1 aliphatic heterocycles. The summed E-state index contributed by atoms with van der Waals surface area (Å²) in [6.07, 6.45) is 11.3. The van der Waals surface area contributed by atoms with Crippen LogP contribution in [0.4, 0.5) is 0 Å². The fourth-order valence-corrected chi connectivity index (χ4v) is 3.46. The smallest absolute Gasteiger partial charge is 0.00136 e. The maximum Gasteiger partial charge on any atom is -0.00136 e. The van der Waals surface area contributed by atoms with Crippen LogP contribution in [0.3, 0.4) is 0 Å². The van der Waals surface area contributed by atoms with E-state index in [-0.39, 0.29) is 0 Å². The van der Waals surface area contributed by atoms with Crippen LogP contribution in [-0.4, -0.2) is 24.5 Å². The summed E-state index contributed by atoms with van der Waals surface area (Å²) >= 11 is 0. The number of hydrogen-bond donors (Lipinski definition) is 0. The van der Waals surface area contributed by atoms with Crippen molar-refractivity contribution in [2.75, 3.05) is 19.6 Å². The molecule has 1 heteroatoms. The molecule has 1 nitrogen and oxygen atoms in total. The first-order valence-corrected chi connectivity index (χ1v) is 8.26. The molecule has 0 aromatic rings. The lowest BCUT2D eigenvalue weighted by Crippen LogP contribution is -2.30. The molecular weight excluding hydrogens is 218 g/mol. The van der Waals surface area contributed by atoms with Gasteiger partial charge < -0.3 is 4.90 Å². The van der Waals surface area contributed by atoms with Gasteiger partial charge in [0.1, 0.15) is 0 Å². The standard InChI is InChI=1S/C17H35N/c1-5-10-16(2)15-17(3,4)11-14-18-12-8-6-7-9-13-18/h16H,5-15H2,1-4H3. The van der Waals surface area contributed by atoms with E-state index in [0.717, 1.165) is 5.92 Å². The van der Waals surface area contributed by atoms with Gasteiger partial charge in [0.25, 0.3) is 0 Å². The molecule has 0 bridgehead atoms. The van der Waals surface area contributed by atoms with Gasteiger partial charge in [-0.25, -0.2) is 0 Å². The van der Waals surface area contributed by atoms with Gasteiger partial charge in [-0.3, -0.25) is 0 Å². The van der Waals surface area contributed by atoms with Gasteiger partial charge in [-0.15, -0.1) is 0 Å². The molecule has 0 aromatic heterocycles. The lowest BCUT2D eigenvalue weighted by atomic mass is 9.79. The van der Waals surface area contributed by atoms with Crippen molar-refractivity contribution in [3.05, 3.63) is 0 Å². The molecule has 1 fully saturated rings. The Balaban J connectivity index is 2.26. The maximum absolute atomic E-state index is 2.71. The second kappa shape index (κ2) is 8.19. The van der Waals surface area contributed by atoms with Crippen LogP contribution >= 0.6 is 0 Å². The Bertz CT molecular complexity index is 202. The highest BCUT2D eigenvalue weighted by atomic mass is 15.1. The molecule has 1 aliphatic rings. The predicted molar refractivity (Wildman–Crippen MR) is 82.0 cm³/mol. The van der Waals surface area contributed by atoms with Crippen molar-refractivity contribution in [3.63, 3.8) is 0 Å². The van der Waals surface area contributed by atoms with Crippen molar-refractivity contribution in [3.8, 4) is 0 Å². The zero-order valence-corrected chi connectivity index (χ0v) is 13.3. The Labute approximate surface area is 115 Å². The molecule has 0 N–H and O–H groups in total. The van der Waals surface area contributed by atoms with Crippen LogP contribution in [0.5, 0.6) is 0 Å². The van der Waals surface area contributed by atoms with Crippen LogP contribution in [0, 0.1) is 11.3 Å². The number of hydrogen-bond acceptors (Lipinski definition) is 1. The normalized spacial score (nSPS) is 20.7. The van der Waals surface area contributed by atoms with Gasteiger partial charge in [0.15, 0.2) is 0 Å². The van der Waals surface area contributed by atoms with Gasteiger partial charge in [0, 0.05) is 0 Å². The Hall–Kier alpha value is -0.0400. The van der Waals surface area contributed by atoms with Gasteiger partial charge >= 0.3 is 0 Å². The van der Waals surface area contributed by atoms with Crippen molar-refractivity contribution in [2.45, 2.75) is 79.1 Å². The highest BCUT2D eigenvalue weighted by molar-refractivity contribution is 4.74. The van der Waals surface area contributed by atoms with Crippen LogP contribution in [0.25, 0.3) is 0 Å². The molecule has 0 saturated carbocycles. The van der Waals surface area contributed by atoms with Gasteiger partial charge in [-0.1, -0.05) is 53.4 Å². The van der Waals surface area contributed by atoms with Crippen molar-refractivity contribution in [2.24, 2.45) is 11.3 Å². The van der Waals surface area contributed by atoms with Gasteiger partial charge in [-0.05, 0) is 56.7 Å². The average Bonchev–Trinajstić information content (AvgIpc) is 2.54. The molecule has 18 heavy (non-hydrogen) atoms. The highest BCUT2D eigenvalue weighted by Gasteiger charge is 2.22. The molecule has 108 valence electrons. The van der Waals surface area contributed by atoms with E-state index in [4.69, 9.17) is 0 Å². The van der Waals surface area contributed by atoms with Crippen LogP contribution in [0.15, 0.2) is 0 Å². The van der Waals surface area contributed by atoms with E-state index in [1.165, 1.54) is 71.0 Å². The molecule has 0 amide bonds. The SMILES string of the molecule is CCCC(C)CC(C)(C)CCN1CCCCCC1. The van der Waals surface area contributed by atoms with E-state index in [1.807, 2.05) is 0 Å². The van der Waals surface area contributed by atoms with E-state index in [1.54, 1.807) is 0 Å². The zero-order chi connectivity index (χ0) is 13.4. The molecule has 0 spiro atoms. The third-order valence-electron chi connectivity index (χ3n) is 4.49. The highest BCUT2D eigenvalue weighted by Crippen LogP contribution is 2.31. The lowest BCUT2D eigenvalue weighted by molar-refractivity contribution is 0.192. The topological polar surface area (TPSA) is 3.24 Å². The second-order valence-electron chi connectivity index (χ2n) is 7.27. The number of rotatable bonds is 7. The molecular formula is C17H35N. The summed E-state index contributed by atoms with van der Waals surface area (Å²) in [5.41, 5.74) is 0.529. The third-order valence-corrected chi connectivity index (χ3v) is 4.49. The zero-order valence-electron chi connectivity index (χ0n) is 13.3. The largest absolute Gasteiger partial charge is 0.303 e. The first-order valence-electron chi connectivity index (χ1n) is 8.26. The summed E-state index contributed by atoms with van der Waals surface area (Å²) in [4.78, 5) is 2.71. The molecule has 1 rings (SSSR count). The average molecular weight is 253 g/mol. The van der Waals surface area contributed by atoms with E-state index in [2.05, 4.69) is 32.6 Å². The van der Waals surface area contributed by atoms with Crippen LogP contribution in [0.2, 0.25) is 0 Å². The predicted octanol–water partition coefficient (Wildman–Crippen LogP) is 5.11. The molecule has 1 atom stereocenters. The Morgan fingerprint density at radius 1 is 1.06 bits per heavy atom. The maximum atomic E-state index is 2.71. The Morgan fingerprint density at radius 3 is 2.22 bits per heavy atom. The summed E-state index contributed by atoms with van der Waals surface area (Å²) < 4.78 is 0. The molecule has 1 unspecified atom stereocenters. The summed E-state index contributed by atoms with van der Waals surface area (Å²) in [6, 6.07) is 0. The van der Waals surface area contributed by atoms with Gasteiger partial charge in [0.2, 0.25) is 0 Å². The monoisotopic (exact) mass is 253 g/mol. The molecule has 1 heterocycles. The molecule has 0 aromatic carbocycles. The molecule has 0 radical (unpaired) electrons. The van der Waals surface area contributed by atoms with Gasteiger partial charge in [0.05, 0.1) is 0 Å². The number of likely N-dealkylation sites (tertiary alicyclic amines) is 1. The van der Waals surface area contributed by atoms with E-state index in [0.29, 0.717) is 5.41 Å². The fraction of sp³-hybridized carbons (Fsp3) is 1.00. The quantitative estimate of drug-likeness (QED) is 0.610. The Morgan fingerprint density at radius 2 is 1.67 bits per heavy atom. The van der Waals surface area contributed by atoms with Crippen molar-refractivity contribution < 1.29 is 0 Å². The van der Waals surface area contributed by atoms with Crippen LogP contribution in [-0.2, 0) is 0 Å². The van der Waals surface area contributed by atoms with Gasteiger partial charge in [-0.2, -0.15) is 0 Å². The Kier molecular flexibility index (Phi) is 7.29. The van der Waals surface area contributed by atoms with Crippen LogP contribution in [0.1, 0.15) is 79.1 Å². The van der Waals surface area contributed by atoms with E-state index in [9.17, 15) is 0 Å². The lowest BCUT2D eigenvalue weighted by Gasteiger charge is -2.31. The molecule has 0 aliphatic carbocycles. The van der Waals surface area contributed by atoms with Crippen LogP contribution < -0.4 is 0 Å².